The highest BCUT2D eigenvalue weighted by molar-refractivity contribution is 7.89. The Morgan fingerprint density at radius 3 is 2.29 bits per heavy atom. The third-order valence-corrected chi connectivity index (χ3v) is 6.21. The van der Waals surface area contributed by atoms with E-state index in [0.717, 1.165) is 17.5 Å². The molecule has 1 amide bonds. The minimum absolute atomic E-state index is 0.189. The van der Waals surface area contributed by atoms with Gasteiger partial charge in [0.25, 0.3) is 0 Å². The highest BCUT2D eigenvalue weighted by Gasteiger charge is 2.24. The van der Waals surface area contributed by atoms with Gasteiger partial charge >= 0.3 is 0 Å². The van der Waals surface area contributed by atoms with Crippen molar-refractivity contribution >= 4 is 21.6 Å². The second-order valence-electron chi connectivity index (χ2n) is 5.89. The minimum Gasteiger partial charge on any atom is -0.324 e. The van der Waals surface area contributed by atoms with Gasteiger partial charge in [-0.25, -0.2) is 8.42 Å². The Morgan fingerprint density at radius 1 is 1.21 bits per heavy atom. The summed E-state index contributed by atoms with van der Waals surface area (Å²) in [5.41, 5.74) is 7.98. The Morgan fingerprint density at radius 2 is 1.79 bits per heavy atom. The van der Waals surface area contributed by atoms with Gasteiger partial charge in [-0.15, -0.1) is 0 Å². The summed E-state index contributed by atoms with van der Waals surface area (Å²) in [6.07, 6.45) is 1.39. The summed E-state index contributed by atoms with van der Waals surface area (Å²) in [7, 11) is -3.58. The molecule has 0 saturated carbocycles. The van der Waals surface area contributed by atoms with Crippen molar-refractivity contribution < 1.29 is 13.2 Å². The molecule has 7 heteroatoms. The van der Waals surface area contributed by atoms with Gasteiger partial charge in [-0.3, -0.25) is 4.79 Å². The van der Waals surface area contributed by atoms with Crippen molar-refractivity contribution in [2.24, 2.45) is 5.73 Å². The summed E-state index contributed by atoms with van der Waals surface area (Å²) in [6, 6.07) is 2.56. The van der Waals surface area contributed by atoms with E-state index in [4.69, 9.17) is 5.73 Å². The number of carbonyl (C=O) groups is 1. The van der Waals surface area contributed by atoms with Gasteiger partial charge in [-0.2, -0.15) is 4.31 Å². The van der Waals surface area contributed by atoms with E-state index in [1.807, 2.05) is 20.8 Å². The Hall–Kier alpha value is -1.44. The van der Waals surface area contributed by atoms with E-state index in [1.165, 1.54) is 10.4 Å². The summed E-state index contributed by atoms with van der Waals surface area (Å²) in [5.74, 6) is -0.295. The number of hydrogen-bond donors (Lipinski definition) is 2. The van der Waals surface area contributed by atoms with Crippen LogP contribution < -0.4 is 11.1 Å². The number of carbonyl (C=O) groups excluding carboxylic acids is 1. The molecule has 0 radical (unpaired) electrons. The zero-order valence-electron chi connectivity index (χ0n) is 15.2. The van der Waals surface area contributed by atoms with E-state index in [-0.39, 0.29) is 10.8 Å². The first-order valence-electron chi connectivity index (χ1n) is 8.36. The van der Waals surface area contributed by atoms with Gasteiger partial charge < -0.3 is 11.1 Å². The minimum atomic E-state index is -3.58. The van der Waals surface area contributed by atoms with Crippen LogP contribution in [-0.2, 0) is 14.8 Å². The SMILES string of the molecule is CCCC(N)C(=O)Nc1cc(S(=O)(=O)N(CC)CC)cc(C)c1C. The van der Waals surface area contributed by atoms with Crippen LogP contribution >= 0.6 is 0 Å². The van der Waals surface area contributed by atoms with Crippen molar-refractivity contribution in [1.29, 1.82) is 0 Å². The lowest BCUT2D eigenvalue weighted by Crippen LogP contribution is -2.35. The number of rotatable bonds is 8. The fourth-order valence-electron chi connectivity index (χ4n) is 2.49. The van der Waals surface area contributed by atoms with Crippen LogP contribution in [0.4, 0.5) is 5.69 Å². The number of anilines is 1. The van der Waals surface area contributed by atoms with Crippen LogP contribution in [-0.4, -0.2) is 37.8 Å². The molecule has 0 bridgehead atoms. The molecule has 1 unspecified atom stereocenters. The van der Waals surface area contributed by atoms with E-state index in [2.05, 4.69) is 5.32 Å². The van der Waals surface area contributed by atoms with Crippen molar-refractivity contribution in [3.63, 3.8) is 0 Å². The van der Waals surface area contributed by atoms with E-state index in [9.17, 15) is 13.2 Å². The second-order valence-corrected chi connectivity index (χ2v) is 7.82. The largest absolute Gasteiger partial charge is 0.324 e. The summed E-state index contributed by atoms with van der Waals surface area (Å²) < 4.78 is 26.8. The Kier molecular flexibility index (Phi) is 7.38. The smallest absolute Gasteiger partial charge is 0.243 e. The zero-order valence-corrected chi connectivity index (χ0v) is 16.0. The highest BCUT2D eigenvalue weighted by atomic mass is 32.2. The number of nitrogens with one attached hydrogen (secondary N) is 1. The number of hydrogen-bond acceptors (Lipinski definition) is 4. The van der Waals surface area contributed by atoms with Crippen LogP contribution in [0.5, 0.6) is 0 Å². The molecule has 1 aromatic rings. The Bertz CT molecular complexity index is 683. The van der Waals surface area contributed by atoms with Crippen LogP contribution in [0.3, 0.4) is 0 Å². The molecule has 24 heavy (non-hydrogen) atoms. The lowest BCUT2D eigenvalue weighted by atomic mass is 10.1. The van der Waals surface area contributed by atoms with Crippen molar-refractivity contribution in [3.05, 3.63) is 23.3 Å². The molecule has 0 aromatic heterocycles. The van der Waals surface area contributed by atoms with Gasteiger partial charge in [0.05, 0.1) is 10.9 Å². The molecule has 136 valence electrons. The highest BCUT2D eigenvalue weighted by Crippen LogP contribution is 2.26. The van der Waals surface area contributed by atoms with Crippen molar-refractivity contribution in [3.8, 4) is 0 Å². The summed E-state index contributed by atoms with van der Waals surface area (Å²) in [4.78, 5) is 12.4. The van der Waals surface area contributed by atoms with Gasteiger partial charge in [0.15, 0.2) is 0 Å². The Balaban J connectivity index is 3.25. The molecule has 0 fully saturated rings. The van der Waals surface area contributed by atoms with Crippen LogP contribution in [0.15, 0.2) is 17.0 Å². The van der Waals surface area contributed by atoms with Crippen LogP contribution in [0, 0.1) is 13.8 Å². The van der Waals surface area contributed by atoms with Crippen LogP contribution in [0.2, 0.25) is 0 Å². The third kappa shape index (κ3) is 4.55. The maximum absolute atomic E-state index is 12.7. The van der Waals surface area contributed by atoms with Gasteiger partial charge in [0.2, 0.25) is 15.9 Å². The molecule has 0 saturated heterocycles. The number of aryl methyl sites for hydroxylation is 1. The second kappa shape index (κ2) is 8.60. The quantitative estimate of drug-likeness (QED) is 0.749. The lowest BCUT2D eigenvalue weighted by molar-refractivity contribution is -0.117. The lowest BCUT2D eigenvalue weighted by Gasteiger charge is -2.21. The number of nitrogens with two attached hydrogens (primary N) is 1. The average molecular weight is 356 g/mol. The number of sulfonamides is 1. The zero-order chi connectivity index (χ0) is 18.5. The summed E-state index contributed by atoms with van der Waals surface area (Å²) >= 11 is 0. The fraction of sp³-hybridized carbons (Fsp3) is 0.588. The molecular weight excluding hydrogens is 326 g/mol. The monoisotopic (exact) mass is 355 g/mol. The maximum atomic E-state index is 12.7. The van der Waals surface area contributed by atoms with Crippen LogP contribution in [0.25, 0.3) is 0 Å². The van der Waals surface area contributed by atoms with Gasteiger partial charge in [0, 0.05) is 18.8 Å². The van der Waals surface area contributed by atoms with E-state index < -0.39 is 16.1 Å². The van der Waals surface area contributed by atoms with Gasteiger partial charge in [-0.1, -0.05) is 27.2 Å². The first-order chi connectivity index (χ1) is 11.2. The van der Waals surface area contributed by atoms with Gasteiger partial charge in [-0.05, 0) is 43.5 Å². The van der Waals surface area contributed by atoms with Crippen LogP contribution in [0.1, 0.15) is 44.7 Å². The molecule has 0 spiro atoms. The van der Waals surface area contributed by atoms with E-state index in [1.54, 1.807) is 19.9 Å². The molecule has 1 atom stereocenters. The summed E-state index contributed by atoms with van der Waals surface area (Å²) in [6.45, 7) is 10.0. The van der Waals surface area contributed by atoms with Crippen molar-refractivity contribution in [2.75, 3.05) is 18.4 Å². The summed E-state index contributed by atoms with van der Waals surface area (Å²) in [5, 5.41) is 2.78. The van der Waals surface area contributed by atoms with E-state index >= 15 is 0 Å². The number of benzene rings is 1. The first kappa shape index (κ1) is 20.6. The molecule has 0 aliphatic rings. The van der Waals surface area contributed by atoms with Gasteiger partial charge in [0.1, 0.15) is 0 Å². The molecular formula is C17H29N3O3S. The molecule has 0 heterocycles. The molecule has 6 nitrogen and oxygen atoms in total. The van der Waals surface area contributed by atoms with E-state index in [0.29, 0.717) is 25.2 Å². The molecule has 1 aromatic carbocycles. The first-order valence-corrected chi connectivity index (χ1v) is 9.80. The third-order valence-electron chi connectivity index (χ3n) is 4.18. The topological polar surface area (TPSA) is 92.5 Å². The fourth-order valence-corrected chi connectivity index (χ4v) is 4.06. The Labute approximate surface area is 145 Å². The molecule has 3 N–H and O–H groups in total. The molecule has 0 aliphatic carbocycles. The standard InChI is InChI=1S/C17H29N3O3S/c1-6-9-15(18)17(21)19-16-11-14(10-12(4)13(16)5)24(22,23)20(7-2)8-3/h10-11,15H,6-9,18H2,1-5H3,(H,19,21). The molecule has 0 aliphatic heterocycles. The maximum Gasteiger partial charge on any atom is 0.243 e. The predicted molar refractivity (Wildman–Crippen MR) is 97.5 cm³/mol. The van der Waals surface area contributed by atoms with Crippen molar-refractivity contribution in [1.82, 2.24) is 4.31 Å². The number of nitrogens with zero attached hydrogens (tertiary/aromatic N) is 1. The normalized spacial score (nSPS) is 13.1. The number of amides is 1. The molecule has 1 rings (SSSR count). The van der Waals surface area contributed by atoms with Crippen molar-refractivity contribution in [2.45, 2.75) is 58.4 Å². The predicted octanol–water partition coefficient (Wildman–Crippen LogP) is 2.40. The average Bonchev–Trinajstić information content (AvgIpc) is 2.52.